The Hall–Kier alpha value is -0.770. The highest BCUT2D eigenvalue weighted by atomic mass is 31.2. The average molecular weight is 172 g/mol. The van der Waals surface area contributed by atoms with E-state index in [9.17, 15) is 18.0 Å². The van der Waals surface area contributed by atoms with Crippen LogP contribution in [0.1, 0.15) is 0 Å². The van der Waals surface area contributed by atoms with Gasteiger partial charge in [0.05, 0.1) is 7.11 Å². The predicted molar refractivity (Wildman–Crippen MR) is 27.2 cm³/mol. The molecule has 0 aromatic heterocycles. The molecule has 0 radical (unpaired) electrons. The predicted octanol–water partition coefficient (Wildman–Crippen LogP) is 0.868. The second-order valence-electron chi connectivity index (χ2n) is 1.07. The van der Waals surface area contributed by atoms with E-state index >= 15 is 0 Å². The molecule has 0 aliphatic heterocycles. The van der Waals surface area contributed by atoms with Gasteiger partial charge in [-0.1, -0.05) is 0 Å². The molecule has 58 valence electrons. The summed E-state index contributed by atoms with van der Waals surface area (Å²) in [4.78, 5) is 20.1. The van der Waals surface area contributed by atoms with Crippen LogP contribution in [0.15, 0.2) is 0 Å². The zero-order chi connectivity index (χ0) is 8.15. The van der Waals surface area contributed by atoms with Crippen LogP contribution < -0.4 is 0 Å². The Kier molecular flexibility index (Phi) is 3.79. The molecule has 0 saturated carbocycles. The third kappa shape index (κ3) is 3.29. The van der Waals surface area contributed by atoms with Gasteiger partial charge in [-0.05, 0) is 0 Å². The second kappa shape index (κ2) is 4.11. The van der Waals surface area contributed by atoms with Gasteiger partial charge in [0, 0.05) is 0 Å². The molecule has 0 rings (SSSR count). The molecule has 0 atom stereocenters. The molecule has 0 N–H and O–H groups in total. The number of ether oxygens (including phenoxy) is 1. The number of carbonyl (C=O) groups excluding carboxylic acids is 2. The molecule has 0 saturated heterocycles. The molecule has 0 aliphatic carbocycles. The van der Waals surface area contributed by atoms with Crippen molar-refractivity contribution in [3.63, 3.8) is 0 Å². The molecule has 0 unspecified atom stereocenters. The van der Waals surface area contributed by atoms with Crippen LogP contribution in [-0.2, 0) is 18.8 Å². The first-order valence-electron chi connectivity index (χ1n) is 2.00. The van der Waals surface area contributed by atoms with E-state index in [-0.39, 0.29) is 0 Å². The van der Waals surface area contributed by atoms with E-state index in [4.69, 9.17) is 0 Å². The second-order valence-corrected chi connectivity index (χ2v) is 1.66. The smallest absolute Gasteiger partial charge is 0.461 e. The molecule has 0 fully saturated rings. The minimum atomic E-state index is -3.83. The van der Waals surface area contributed by atoms with Crippen molar-refractivity contribution in [3.8, 4) is 0 Å². The van der Waals surface area contributed by atoms with Crippen LogP contribution in [0.25, 0.3) is 0 Å². The number of esters is 1. The average Bonchev–Trinajstić information content (AvgIpc) is 1.85. The van der Waals surface area contributed by atoms with E-state index in [2.05, 4.69) is 9.26 Å². The molecule has 0 bridgehead atoms. The monoisotopic (exact) mass is 172 g/mol. The van der Waals surface area contributed by atoms with Gasteiger partial charge in [0.25, 0.3) is 0 Å². The lowest BCUT2D eigenvalue weighted by Gasteiger charge is -1.96. The fourth-order valence-corrected chi connectivity index (χ4v) is 0.383. The molecule has 0 aromatic carbocycles. The zero-order valence-corrected chi connectivity index (χ0v) is 5.73. The van der Waals surface area contributed by atoms with Crippen molar-refractivity contribution in [1.29, 1.82) is 0 Å². The maximum absolute atomic E-state index is 11.2. The van der Waals surface area contributed by atoms with Crippen LogP contribution in [0.2, 0.25) is 0 Å². The zero-order valence-electron chi connectivity index (χ0n) is 4.84. The van der Waals surface area contributed by atoms with Crippen LogP contribution in [0.4, 0.5) is 8.39 Å². The number of hydrogen-bond donors (Lipinski definition) is 0. The quantitative estimate of drug-likeness (QED) is 0.334. The largest absolute Gasteiger partial charge is 0.484 e. The van der Waals surface area contributed by atoms with Gasteiger partial charge in [-0.15, -0.1) is 8.39 Å². The van der Waals surface area contributed by atoms with Gasteiger partial charge < -0.3 is 9.26 Å². The van der Waals surface area contributed by atoms with Crippen LogP contribution in [0.5, 0.6) is 0 Å². The van der Waals surface area contributed by atoms with Gasteiger partial charge in [-0.2, -0.15) is 0 Å². The molecule has 0 aliphatic rings. The van der Waals surface area contributed by atoms with E-state index in [1.807, 2.05) is 0 Å². The van der Waals surface area contributed by atoms with Gasteiger partial charge in [0.15, 0.2) is 0 Å². The van der Waals surface area contributed by atoms with Crippen molar-refractivity contribution in [2.75, 3.05) is 7.11 Å². The van der Waals surface area contributed by atoms with Gasteiger partial charge >= 0.3 is 20.7 Å². The summed E-state index contributed by atoms with van der Waals surface area (Å²) in [5, 5.41) is 0. The summed E-state index contributed by atoms with van der Waals surface area (Å²) in [7, 11) is -2.94. The van der Waals surface area contributed by atoms with Crippen LogP contribution in [0.3, 0.4) is 0 Å². The summed E-state index contributed by atoms with van der Waals surface area (Å²) in [6.07, 6.45) is 0. The molecule has 4 nitrogen and oxygen atoms in total. The lowest BCUT2D eigenvalue weighted by molar-refractivity contribution is -0.160. The molecular weight excluding hydrogens is 169 g/mol. The summed E-state index contributed by atoms with van der Waals surface area (Å²) in [6, 6.07) is 0. The van der Waals surface area contributed by atoms with Crippen molar-refractivity contribution in [2.45, 2.75) is 0 Å². The highest BCUT2D eigenvalue weighted by molar-refractivity contribution is 7.41. The topological polar surface area (TPSA) is 52.6 Å². The Balaban J connectivity index is 3.74. The maximum Gasteiger partial charge on any atom is 0.484 e. The molecule has 0 spiro atoms. The normalized spacial score (nSPS) is 9.20. The molecule has 0 heterocycles. The summed E-state index contributed by atoms with van der Waals surface area (Å²) >= 11 is 0. The molecule has 0 aromatic rings. The first-order chi connectivity index (χ1) is 4.57. The van der Waals surface area contributed by atoms with Gasteiger partial charge in [-0.25, -0.2) is 9.59 Å². The number of hydrogen-bond acceptors (Lipinski definition) is 4. The van der Waals surface area contributed by atoms with Crippen molar-refractivity contribution in [2.24, 2.45) is 0 Å². The van der Waals surface area contributed by atoms with E-state index in [1.54, 1.807) is 0 Å². The van der Waals surface area contributed by atoms with Crippen molar-refractivity contribution in [3.05, 3.63) is 0 Å². The number of rotatable bonds is 1. The maximum atomic E-state index is 11.2. The minimum Gasteiger partial charge on any atom is -0.461 e. The van der Waals surface area contributed by atoms with Crippen molar-refractivity contribution < 1.29 is 27.2 Å². The summed E-state index contributed by atoms with van der Waals surface area (Å²) in [5.74, 6) is -3.10. The number of methoxy groups -OCH3 is 1. The molecule has 0 amide bonds. The minimum absolute atomic E-state index is 0.891. The van der Waals surface area contributed by atoms with E-state index in [0.29, 0.717) is 0 Å². The SMILES string of the molecule is COC(=O)C(=O)OP(F)F. The standard InChI is InChI=1S/C3H3F2O4P/c1-8-2(6)3(7)9-10(4)5/h1H3. The summed E-state index contributed by atoms with van der Waals surface area (Å²) in [6.45, 7) is 0. The highest BCUT2D eigenvalue weighted by Gasteiger charge is 2.21. The molecule has 7 heteroatoms. The molecular formula is C3H3F2O4P. The first kappa shape index (κ1) is 9.23. The van der Waals surface area contributed by atoms with Gasteiger partial charge in [0.2, 0.25) is 0 Å². The Morgan fingerprint density at radius 3 is 2.10 bits per heavy atom. The van der Waals surface area contributed by atoms with Crippen molar-refractivity contribution >= 4 is 20.7 Å². The molecule has 10 heavy (non-hydrogen) atoms. The Morgan fingerprint density at radius 2 is 1.80 bits per heavy atom. The first-order valence-corrected chi connectivity index (χ1v) is 3.04. The fourth-order valence-electron chi connectivity index (χ4n) is 0.183. The lowest BCUT2D eigenvalue weighted by Crippen LogP contribution is -2.15. The van der Waals surface area contributed by atoms with E-state index in [0.717, 1.165) is 7.11 Å². The lowest BCUT2D eigenvalue weighted by atomic mass is 10.7. The number of halogens is 2. The van der Waals surface area contributed by atoms with E-state index < -0.39 is 20.7 Å². The fraction of sp³-hybridized carbons (Fsp3) is 0.333. The van der Waals surface area contributed by atoms with Gasteiger partial charge in [-0.3, -0.25) is 0 Å². The highest BCUT2D eigenvalue weighted by Crippen LogP contribution is 2.39. The number of carbonyl (C=O) groups is 2. The van der Waals surface area contributed by atoms with Crippen LogP contribution in [0, 0.1) is 0 Å². The Bertz CT molecular complexity index is 147. The van der Waals surface area contributed by atoms with Crippen LogP contribution in [-0.4, -0.2) is 19.0 Å². The van der Waals surface area contributed by atoms with Gasteiger partial charge in [0.1, 0.15) is 0 Å². The Labute approximate surface area is 56.2 Å². The summed E-state index contributed by atoms with van der Waals surface area (Å²) < 4.78 is 29.4. The van der Waals surface area contributed by atoms with Crippen LogP contribution >= 0.6 is 8.77 Å². The summed E-state index contributed by atoms with van der Waals surface area (Å²) in [5.41, 5.74) is 0. The third-order valence-corrected chi connectivity index (χ3v) is 0.808. The Morgan fingerprint density at radius 1 is 1.30 bits per heavy atom. The third-order valence-electron chi connectivity index (χ3n) is 0.504. The van der Waals surface area contributed by atoms with Crippen molar-refractivity contribution in [1.82, 2.24) is 0 Å². The van der Waals surface area contributed by atoms with E-state index in [1.165, 1.54) is 0 Å².